The Morgan fingerprint density at radius 2 is 1.89 bits per heavy atom. The quantitative estimate of drug-likeness (QED) is 0.712. The number of rotatable bonds is 5. The highest BCUT2D eigenvalue weighted by Crippen LogP contribution is 2.29. The molecule has 0 amide bonds. The van der Waals surface area contributed by atoms with Crippen LogP contribution in [0.1, 0.15) is 17.2 Å². The van der Waals surface area contributed by atoms with Gasteiger partial charge in [-0.3, -0.25) is 0 Å². The molecule has 0 saturated heterocycles. The fourth-order valence-corrected chi connectivity index (χ4v) is 4.87. The van der Waals surface area contributed by atoms with Crippen molar-refractivity contribution in [2.24, 2.45) is 0 Å². The summed E-state index contributed by atoms with van der Waals surface area (Å²) in [6.07, 6.45) is 0.0414. The second-order valence-corrected chi connectivity index (χ2v) is 8.64. The molecule has 0 spiro atoms. The lowest BCUT2D eigenvalue weighted by Crippen LogP contribution is -2.28. The lowest BCUT2D eigenvalue weighted by molar-refractivity contribution is 0.182. The van der Waals surface area contributed by atoms with Gasteiger partial charge in [0.1, 0.15) is 0 Å². The summed E-state index contributed by atoms with van der Waals surface area (Å²) < 4.78 is 28.1. The Kier molecular flexibility index (Phi) is 4.63. The highest BCUT2D eigenvalue weighted by atomic mass is 32.2. The number of hydrogen-bond donors (Lipinski definition) is 2. The lowest BCUT2D eigenvalue weighted by Gasteiger charge is -2.16. The molecule has 27 heavy (non-hydrogen) atoms. The molecule has 0 radical (unpaired) electrons. The Morgan fingerprint density at radius 3 is 2.74 bits per heavy atom. The highest BCUT2D eigenvalue weighted by Gasteiger charge is 2.21. The molecule has 0 aliphatic carbocycles. The fraction of sp³-hybridized carbons (Fsp3) is 0.238. The third-order valence-corrected chi connectivity index (χ3v) is 6.60. The van der Waals surface area contributed by atoms with E-state index in [1.807, 2.05) is 49.5 Å². The first kappa shape index (κ1) is 18.0. The normalized spacial score (nSPS) is 15.1. The zero-order valence-corrected chi connectivity index (χ0v) is 15.9. The van der Waals surface area contributed by atoms with Gasteiger partial charge in [0.2, 0.25) is 10.0 Å². The highest BCUT2D eigenvalue weighted by molar-refractivity contribution is 7.89. The van der Waals surface area contributed by atoms with Crippen LogP contribution in [0, 0.1) is 0 Å². The number of sulfonamides is 1. The number of anilines is 1. The molecule has 2 N–H and O–H groups in total. The minimum atomic E-state index is -3.73. The van der Waals surface area contributed by atoms with E-state index >= 15 is 0 Å². The lowest BCUT2D eigenvalue weighted by atomic mass is 10.0. The van der Waals surface area contributed by atoms with E-state index in [4.69, 9.17) is 0 Å². The zero-order valence-electron chi connectivity index (χ0n) is 15.1. The topological polar surface area (TPSA) is 69.6 Å². The van der Waals surface area contributed by atoms with Gasteiger partial charge in [0, 0.05) is 31.2 Å². The number of hydrogen-bond acceptors (Lipinski definition) is 4. The first-order chi connectivity index (χ1) is 13.0. The van der Waals surface area contributed by atoms with Crippen molar-refractivity contribution in [3.05, 3.63) is 71.8 Å². The minimum Gasteiger partial charge on any atom is -0.387 e. The Hall–Kier alpha value is -2.41. The number of nitrogens with one attached hydrogen (secondary N) is 1. The maximum atomic E-state index is 12.8. The molecule has 6 heteroatoms. The van der Waals surface area contributed by atoms with Gasteiger partial charge in [0.05, 0.1) is 11.0 Å². The van der Waals surface area contributed by atoms with E-state index in [2.05, 4.69) is 9.62 Å². The van der Waals surface area contributed by atoms with Gasteiger partial charge in [-0.2, -0.15) is 0 Å². The Morgan fingerprint density at radius 1 is 1.11 bits per heavy atom. The Bertz CT molecular complexity index is 1090. The average Bonchev–Trinajstić information content (AvgIpc) is 3.06. The van der Waals surface area contributed by atoms with Crippen molar-refractivity contribution in [2.45, 2.75) is 17.4 Å². The molecule has 4 rings (SSSR count). The van der Waals surface area contributed by atoms with E-state index in [1.54, 1.807) is 18.2 Å². The first-order valence-corrected chi connectivity index (χ1v) is 10.4. The molecule has 0 fully saturated rings. The van der Waals surface area contributed by atoms with Crippen LogP contribution in [0.4, 0.5) is 5.69 Å². The van der Waals surface area contributed by atoms with Gasteiger partial charge in [0.15, 0.2) is 0 Å². The van der Waals surface area contributed by atoms with Gasteiger partial charge in [-0.15, -0.1) is 0 Å². The van der Waals surface area contributed by atoms with Gasteiger partial charge in [0.25, 0.3) is 0 Å². The van der Waals surface area contributed by atoms with Crippen LogP contribution in [0.25, 0.3) is 10.8 Å². The molecule has 3 aromatic carbocycles. The van der Waals surface area contributed by atoms with Crippen LogP contribution < -0.4 is 9.62 Å². The minimum absolute atomic E-state index is 0.0693. The molecular weight excluding hydrogens is 360 g/mol. The summed E-state index contributed by atoms with van der Waals surface area (Å²) in [7, 11) is -1.69. The van der Waals surface area contributed by atoms with Crippen molar-refractivity contribution < 1.29 is 13.5 Å². The van der Waals surface area contributed by atoms with Crippen LogP contribution >= 0.6 is 0 Å². The molecule has 1 aliphatic rings. The average molecular weight is 382 g/mol. The molecule has 0 aromatic heterocycles. The Labute approximate surface area is 159 Å². The standard InChI is InChI=1S/C21H22N2O3S/c1-23-12-11-16-13-17(9-10-19(16)23)20(24)14-22-27(25,26)21-8-4-6-15-5-2-3-7-18(15)21/h2-10,13,20,22,24H,11-12,14H2,1H3. The van der Waals surface area contributed by atoms with Crippen LogP contribution in [0.5, 0.6) is 0 Å². The van der Waals surface area contributed by atoms with E-state index in [-0.39, 0.29) is 11.4 Å². The summed E-state index contributed by atoms with van der Waals surface area (Å²) in [6, 6.07) is 18.4. The van der Waals surface area contributed by atoms with Crippen LogP contribution in [-0.4, -0.2) is 33.7 Å². The van der Waals surface area contributed by atoms with Crippen molar-refractivity contribution in [3.63, 3.8) is 0 Å². The van der Waals surface area contributed by atoms with Crippen molar-refractivity contribution in [1.82, 2.24) is 4.72 Å². The van der Waals surface area contributed by atoms with Crippen LogP contribution in [0.3, 0.4) is 0 Å². The van der Waals surface area contributed by atoms with Crippen molar-refractivity contribution in [2.75, 3.05) is 25.0 Å². The molecular formula is C21H22N2O3S. The maximum absolute atomic E-state index is 12.8. The predicted molar refractivity (Wildman–Crippen MR) is 108 cm³/mol. The number of nitrogens with zero attached hydrogens (tertiary/aromatic N) is 1. The summed E-state index contributed by atoms with van der Waals surface area (Å²) >= 11 is 0. The van der Waals surface area contributed by atoms with E-state index in [9.17, 15) is 13.5 Å². The molecule has 0 bridgehead atoms. The SMILES string of the molecule is CN1CCc2cc(C(O)CNS(=O)(=O)c3cccc4ccccc34)ccc21. The molecule has 1 heterocycles. The second kappa shape index (κ2) is 6.96. The van der Waals surface area contributed by atoms with Gasteiger partial charge in [-0.25, -0.2) is 13.1 Å². The largest absolute Gasteiger partial charge is 0.387 e. The summed E-state index contributed by atoms with van der Waals surface area (Å²) in [4.78, 5) is 2.40. The number of aliphatic hydroxyl groups excluding tert-OH is 1. The van der Waals surface area contributed by atoms with E-state index in [0.717, 1.165) is 23.9 Å². The maximum Gasteiger partial charge on any atom is 0.241 e. The monoisotopic (exact) mass is 382 g/mol. The summed E-state index contributed by atoms with van der Waals surface area (Å²) in [5.74, 6) is 0. The molecule has 1 unspecified atom stereocenters. The van der Waals surface area contributed by atoms with Crippen LogP contribution in [0.2, 0.25) is 0 Å². The van der Waals surface area contributed by atoms with Crippen LogP contribution in [-0.2, 0) is 16.4 Å². The third kappa shape index (κ3) is 3.43. The zero-order chi connectivity index (χ0) is 19.0. The number of fused-ring (bicyclic) bond motifs is 2. The fourth-order valence-electron chi connectivity index (χ4n) is 3.61. The molecule has 140 valence electrons. The third-order valence-electron chi connectivity index (χ3n) is 5.12. The summed E-state index contributed by atoms with van der Waals surface area (Å²) in [5, 5.41) is 12.0. The number of aliphatic hydroxyl groups is 1. The van der Waals surface area contributed by atoms with Gasteiger partial charge in [-0.05, 0) is 35.1 Å². The van der Waals surface area contributed by atoms with E-state index in [1.165, 1.54) is 11.3 Å². The van der Waals surface area contributed by atoms with Crippen molar-refractivity contribution in [3.8, 4) is 0 Å². The van der Waals surface area contributed by atoms with Gasteiger partial charge < -0.3 is 10.0 Å². The van der Waals surface area contributed by atoms with Crippen LogP contribution in [0.15, 0.2) is 65.6 Å². The van der Waals surface area contributed by atoms with Gasteiger partial charge in [-0.1, -0.05) is 48.5 Å². The number of benzene rings is 3. The first-order valence-electron chi connectivity index (χ1n) is 8.95. The summed E-state index contributed by atoms with van der Waals surface area (Å²) in [5.41, 5.74) is 3.08. The van der Waals surface area contributed by atoms with E-state index < -0.39 is 16.1 Å². The molecule has 1 atom stereocenters. The predicted octanol–water partition coefficient (Wildman–Crippen LogP) is 2.84. The van der Waals surface area contributed by atoms with E-state index in [0.29, 0.717) is 5.39 Å². The van der Waals surface area contributed by atoms with Gasteiger partial charge >= 0.3 is 0 Å². The molecule has 0 saturated carbocycles. The molecule has 1 aliphatic heterocycles. The molecule has 3 aromatic rings. The second-order valence-electron chi connectivity index (χ2n) is 6.90. The number of likely N-dealkylation sites (N-methyl/N-ethyl adjacent to an activating group) is 1. The molecule has 5 nitrogen and oxygen atoms in total. The smallest absolute Gasteiger partial charge is 0.241 e. The van der Waals surface area contributed by atoms with Crippen molar-refractivity contribution in [1.29, 1.82) is 0 Å². The van der Waals surface area contributed by atoms with Crippen molar-refractivity contribution >= 4 is 26.5 Å². The Balaban J connectivity index is 1.54. The summed E-state index contributed by atoms with van der Waals surface area (Å²) in [6.45, 7) is 0.892.